The predicted molar refractivity (Wildman–Crippen MR) is 121 cm³/mol. The number of likely N-dealkylation sites (tertiary alicyclic amines) is 1. The Morgan fingerprint density at radius 3 is 2.44 bits per heavy atom. The summed E-state index contributed by atoms with van der Waals surface area (Å²) in [6.45, 7) is 0.591. The van der Waals surface area contributed by atoms with Gasteiger partial charge in [-0.3, -0.25) is 20.0 Å². The number of amides is 2. The van der Waals surface area contributed by atoms with Gasteiger partial charge in [0.05, 0.1) is 6.42 Å². The van der Waals surface area contributed by atoms with Gasteiger partial charge in [-0.05, 0) is 35.1 Å². The Morgan fingerprint density at radius 1 is 1.09 bits per heavy atom. The highest BCUT2D eigenvalue weighted by atomic mass is 16.5. The molecule has 10 nitrogen and oxygen atoms in total. The summed E-state index contributed by atoms with van der Waals surface area (Å²) in [5.74, 6) is -1.64. The molecular weight excluding hydrogens is 438 g/mol. The zero-order valence-corrected chi connectivity index (χ0v) is 18.2. The minimum absolute atomic E-state index is 0.0637. The van der Waals surface area contributed by atoms with Crippen LogP contribution in [0.5, 0.6) is 0 Å². The smallest absolute Gasteiger partial charge is 0.414 e. The maximum Gasteiger partial charge on any atom is 0.414 e. The highest BCUT2D eigenvalue weighted by Crippen LogP contribution is 2.44. The molecule has 10 heteroatoms. The number of aliphatic carboxylic acids is 1. The van der Waals surface area contributed by atoms with Crippen LogP contribution >= 0.6 is 0 Å². The minimum Gasteiger partial charge on any atom is -0.481 e. The number of ether oxygens (including phenoxy) is 1. The van der Waals surface area contributed by atoms with Crippen molar-refractivity contribution < 1.29 is 24.2 Å². The molecule has 0 unspecified atom stereocenters. The molecule has 0 spiro atoms. The Hall–Kier alpha value is -4.21. The normalized spacial score (nSPS) is 16.7. The summed E-state index contributed by atoms with van der Waals surface area (Å²) in [6.07, 6.45) is 0.495. The van der Waals surface area contributed by atoms with Gasteiger partial charge in [0.1, 0.15) is 6.61 Å². The summed E-state index contributed by atoms with van der Waals surface area (Å²) in [5.41, 5.74) is 4.47. The SMILES string of the molecule is O=C(O)C[C@@H]1CCCN1C(=O)c1nc(NC(=O)OCC2c3ccccc3-c3ccccc32)n[nH]1. The van der Waals surface area contributed by atoms with E-state index in [9.17, 15) is 14.4 Å². The molecule has 3 aromatic rings. The fourth-order valence-corrected chi connectivity index (χ4v) is 4.79. The number of carboxylic acid groups (broad SMARTS) is 1. The van der Waals surface area contributed by atoms with Crippen molar-refractivity contribution in [1.82, 2.24) is 20.1 Å². The Kier molecular flexibility index (Phi) is 5.70. The number of carboxylic acids is 1. The summed E-state index contributed by atoms with van der Waals surface area (Å²) in [7, 11) is 0. The molecule has 2 amide bonds. The van der Waals surface area contributed by atoms with Gasteiger partial charge in [0, 0.05) is 18.5 Å². The monoisotopic (exact) mass is 461 g/mol. The summed E-state index contributed by atoms with van der Waals surface area (Å²) in [4.78, 5) is 41.7. The first-order valence-electron chi connectivity index (χ1n) is 11.1. The van der Waals surface area contributed by atoms with E-state index < -0.39 is 18.0 Å². The molecule has 2 aliphatic rings. The van der Waals surface area contributed by atoms with Crippen LogP contribution < -0.4 is 5.32 Å². The van der Waals surface area contributed by atoms with Crippen LogP contribution in [0, 0.1) is 0 Å². The van der Waals surface area contributed by atoms with Crippen molar-refractivity contribution in [3.63, 3.8) is 0 Å². The zero-order valence-electron chi connectivity index (χ0n) is 18.2. The van der Waals surface area contributed by atoms with Gasteiger partial charge in [-0.2, -0.15) is 4.98 Å². The summed E-state index contributed by atoms with van der Waals surface area (Å²) < 4.78 is 5.47. The number of carbonyl (C=O) groups excluding carboxylic acids is 2. The van der Waals surface area contributed by atoms with Crippen LogP contribution in [-0.2, 0) is 9.53 Å². The highest BCUT2D eigenvalue weighted by Gasteiger charge is 2.33. The molecule has 1 saturated heterocycles. The highest BCUT2D eigenvalue weighted by molar-refractivity contribution is 5.92. The average Bonchev–Trinajstić information content (AvgIpc) is 3.55. The lowest BCUT2D eigenvalue weighted by molar-refractivity contribution is -0.137. The van der Waals surface area contributed by atoms with Crippen molar-refractivity contribution in [2.45, 2.75) is 31.2 Å². The zero-order chi connectivity index (χ0) is 23.7. The van der Waals surface area contributed by atoms with E-state index in [0.29, 0.717) is 13.0 Å². The van der Waals surface area contributed by atoms with Gasteiger partial charge in [0.15, 0.2) is 0 Å². The molecule has 1 atom stereocenters. The van der Waals surface area contributed by atoms with Crippen LogP contribution in [-0.4, -0.2) is 62.4 Å². The number of nitrogens with zero attached hydrogens (tertiary/aromatic N) is 3. The second-order valence-electron chi connectivity index (χ2n) is 8.35. The van der Waals surface area contributed by atoms with Crippen LogP contribution in [0.2, 0.25) is 0 Å². The van der Waals surface area contributed by atoms with E-state index >= 15 is 0 Å². The number of hydrogen-bond donors (Lipinski definition) is 3. The van der Waals surface area contributed by atoms with Gasteiger partial charge in [-0.25, -0.2) is 4.79 Å². The minimum atomic E-state index is -0.958. The number of nitrogens with one attached hydrogen (secondary N) is 2. The predicted octanol–water partition coefficient (Wildman–Crippen LogP) is 3.25. The first-order chi connectivity index (χ1) is 16.5. The number of benzene rings is 2. The number of aromatic amines is 1. The summed E-state index contributed by atoms with van der Waals surface area (Å²) in [5, 5.41) is 17.9. The molecule has 0 radical (unpaired) electrons. The summed E-state index contributed by atoms with van der Waals surface area (Å²) in [6, 6.07) is 15.7. The van der Waals surface area contributed by atoms with E-state index in [1.807, 2.05) is 36.4 Å². The Labute approximate surface area is 195 Å². The topological polar surface area (TPSA) is 138 Å². The van der Waals surface area contributed by atoms with Gasteiger partial charge in [-0.15, -0.1) is 5.10 Å². The van der Waals surface area contributed by atoms with Crippen molar-refractivity contribution in [1.29, 1.82) is 0 Å². The molecule has 1 fully saturated rings. The third-order valence-corrected chi connectivity index (χ3v) is 6.29. The number of carbonyl (C=O) groups is 3. The Morgan fingerprint density at radius 2 is 1.76 bits per heavy atom. The van der Waals surface area contributed by atoms with Crippen molar-refractivity contribution in [2.24, 2.45) is 0 Å². The van der Waals surface area contributed by atoms with E-state index in [1.54, 1.807) is 0 Å². The third-order valence-electron chi connectivity index (χ3n) is 6.29. The lowest BCUT2D eigenvalue weighted by Crippen LogP contribution is -2.37. The standard InChI is InChI=1S/C24H23N5O5/c30-20(31)12-14-6-5-11-29(14)22(32)21-25-23(28-27-21)26-24(33)34-13-19-17-9-3-1-7-15(17)16-8-2-4-10-18(16)19/h1-4,7-10,14,19H,5-6,11-13H2,(H,30,31)(H2,25,26,27,28,33)/t14-/m0/s1. The molecule has 2 heterocycles. The lowest BCUT2D eigenvalue weighted by atomic mass is 9.98. The molecule has 174 valence electrons. The van der Waals surface area contributed by atoms with Crippen molar-refractivity contribution in [3.8, 4) is 11.1 Å². The van der Waals surface area contributed by atoms with E-state index in [1.165, 1.54) is 4.90 Å². The fourth-order valence-electron chi connectivity index (χ4n) is 4.79. The van der Waals surface area contributed by atoms with Crippen LogP contribution in [0.1, 0.15) is 46.9 Å². The van der Waals surface area contributed by atoms with E-state index in [4.69, 9.17) is 9.84 Å². The maximum atomic E-state index is 12.7. The summed E-state index contributed by atoms with van der Waals surface area (Å²) >= 11 is 0. The van der Waals surface area contributed by atoms with Gasteiger partial charge >= 0.3 is 12.1 Å². The van der Waals surface area contributed by atoms with Gasteiger partial charge in [0.2, 0.25) is 5.82 Å². The number of aromatic nitrogens is 3. The molecule has 34 heavy (non-hydrogen) atoms. The molecule has 1 aromatic heterocycles. The van der Waals surface area contributed by atoms with E-state index in [0.717, 1.165) is 28.7 Å². The van der Waals surface area contributed by atoms with Crippen LogP contribution in [0.25, 0.3) is 11.1 Å². The molecule has 5 rings (SSSR count). The maximum absolute atomic E-state index is 12.7. The first-order valence-corrected chi connectivity index (χ1v) is 11.1. The van der Waals surface area contributed by atoms with Gasteiger partial charge in [-0.1, -0.05) is 48.5 Å². The second kappa shape index (κ2) is 8.97. The number of anilines is 1. The molecule has 2 aromatic carbocycles. The molecule has 0 saturated carbocycles. The first kappa shape index (κ1) is 21.6. The Balaban J connectivity index is 1.21. The second-order valence-corrected chi connectivity index (χ2v) is 8.35. The average molecular weight is 461 g/mol. The van der Waals surface area contributed by atoms with Crippen molar-refractivity contribution in [3.05, 3.63) is 65.5 Å². The van der Waals surface area contributed by atoms with Crippen molar-refractivity contribution in [2.75, 3.05) is 18.5 Å². The number of rotatable bonds is 6. The number of fused-ring (bicyclic) bond motifs is 3. The van der Waals surface area contributed by atoms with E-state index in [2.05, 4.69) is 32.6 Å². The van der Waals surface area contributed by atoms with Crippen LogP contribution in [0.4, 0.5) is 10.7 Å². The molecule has 0 bridgehead atoms. The quantitative estimate of drug-likeness (QED) is 0.512. The largest absolute Gasteiger partial charge is 0.481 e. The molecular formula is C24H23N5O5. The van der Waals surface area contributed by atoms with Crippen LogP contribution in [0.15, 0.2) is 48.5 Å². The van der Waals surface area contributed by atoms with Gasteiger partial charge in [0.25, 0.3) is 11.9 Å². The number of hydrogen-bond acceptors (Lipinski definition) is 6. The molecule has 3 N–H and O–H groups in total. The third kappa shape index (κ3) is 4.09. The lowest BCUT2D eigenvalue weighted by Gasteiger charge is -2.21. The number of H-pyrrole nitrogens is 1. The Bertz CT molecular complexity index is 1210. The van der Waals surface area contributed by atoms with E-state index in [-0.39, 0.29) is 36.8 Å². The fraction of sp³-hybridized carbons (Fsp3) is 0.292. The van der Waals surface area contributed by atoms with Crippen LogP contribution in [0.3, 0.4) is 0 Å². The van der Waals surface area contributed by atoms with Gasteiger partial charge < -0.3 is 14.7 Å². The molecule has 1 aliphatic carbocycles. The van der Waals surface area contributed by atoms with Crippen molar-refractivity contribution >= 4 is 23.9 Å². The molecule has 1 aliphatic heterocycles.